The fraction of sp³-hybridized carbons (Fsp3) is 0.500. The van der Waals surface area contributed by atoms with Gasteiger partial charge in [0.2, 0.25) is 0 Å². The summed E-state index contributed by atoms with van der Waals surface area (Å²) in [5, 5.41) is 3.89. The number of carbonyl (C=O) groups excluding carboxylic acids is 1. The first-order valence-corrected chi connectivity index (χ1v) is 7.47. The average molecular weight is 289 g/mol. The van der Waals surface area contributed by atoms with Crippen LogP contribution < -0.4 is 4.90 Å². The second-order valence-corrected chi connectivity index (χ2v) is 4.98. The third-order valence-corrected chi connectivity index (χ3v) is 3.83. The van der Waals surface area contributed by atoms with Crippen molar-refractivity contribution in [1.82, 2.24) is 4.90 Å². The molecule has 1 aliphatic rings. The number of nitrogens with zero attached hydrogens (tertiary/aromatic N) is 3. The van der Waals surface area contributed by atoms with Crippen LogP contribution in [-0.2, 0) is 9.63 Å². The zero-order valence-electron chi connectivity index (χ0n) is 13.0. The molecule has 0 fully saturated rings. The Hall–Kier alpha value is -1.88. The third kappa shape index (κ3) is 3.24. The van der Waals surface area contributed by atoms with Gasteiger partial charge in [-0.25, -0.2) is 0 Å². The van der Waals surface area contributed by atoms with Crippen LogP contribution in [0.5, 0.6) is 0 Å². The molecule has 0 N–H and O–H groups in total. The van der Waals surface area contributed by atoms with Crippen LogP contribution in [0, 0.1) is 0 Å². The summed E-state index contributed by atoms with van der Waals surface area (Å²) < 4.78 is 0. The first-order valence-electron chi connectivity index (χ1n) is 7.47. The smallest absolute Gasteiger partial charge is 0.281 e. The minimum atomic E-state index is -0.0717. The second-order valence-electron chi connectivity index (χ2n) is 4.98. The van der Waals surface area contributed by atoms with Gasteiger partial charge < -0.3 is 14.6 Å². The lowest BCUT2D eigenvalue weighted by Crippen LogP contribution is -2.33. The van der Waals surface area contributed by atoms with Gasteiger partial charge in [0.25, 0.3) is 5.91 Å². The molecular weight excluding hydrogens is 266 g/mol. The van der Waals surface area contributed by atoms with Gasteiger partial charge in [0.05, 0.1) is 5.69 Å². The SMILES string of the molecule is CCN(CC)CCCN1C(=O)C(=NOC)c2ccccc21. The van der Waals surface area contributed by atoms with E-state index in [0.717, 1.165) is 37.3 Å². The fourth-order valence-electron chi connectivity index (χ4n) is 2.66. The number of benzene rings is 1. The van der Waals surface area contributed by atoms with Crippen LogP contribution in [0.2, 0.25) is 0 Å². The molecule has 0 aliphatic carbocycles. The molecule has 0 spiro atoms. The van der Waals surface area contributed by atoms with Crippen LogP contribution in [0.25, 0.3) is 0 Å². The zero-order valence-corrected chi connectivity index (χ0v) is 13.0. The van der Waals surface area contributed by atoms with Crippen molar-refractivity contribution >= 4 is 17.3 Å². The molecular formula is C16H23N3O2. The van der Waals surface area contributed by atoms with E-state index in [2.05, 4.69) is 23.9 Å². The molecule has 1 heterocycles. The topological polar surface area (TPSA) is 45.1 Å². The van der Waals surface area contributed by atoms with Gasteiger partial charge in [0.15, 0.2) is 5.71 Å². The summed E-state index contributed by atoms with van der Waals surface area (Å²) in [6, 6.07) is 7.73. The van der Waals surface area contributed by atoms with E-state index in [0.29, 0.717) is 12.3 Å². The Kier molecular flexibility index (Phi) is 5.33. The molecule has 5 nitrogen and oxygen atoms in total. The average Bonchev–Trinajstić information content (AvgIpc) is 2.77. The van der Waals surface area contributed by atoms with Crippen molar-refractivity contribution in [3.63, 3.8) is 0 Å². The molecule has 2 rings (SSSR count). The summed E-state index contributed by atoms with van der Waals surface area (Å²) in [4.78, 5) is 21.4. The molecule has 0 bridgehead atoms. The van der Waals surface area contributed by atoms with E-state index in [9.17, 15) is 4.79 Å². The number of hydrogen-bond donors (Lipinski definition) is 0. The molecule has 1 aromatic carbocycles. The number of para-hydroxylation sites is 1. The Labute approximate surface area is 126 Å². The predicted molar refractivity (Wildman–Crippen MR) is 84.7 cm³/mol. The quantitative estimate of drug-likeness (QED) is 0.722. The van der Waals surface area contributed by atoms with Gasteiger partial charge in [-0.1, -0.05) is 37.2 Å². The number of oxime groups is 1. The Morgan fingerprint density at radius 1 is 1.24 bits per heavy atom. The summed E-state index contributed by atoms with van der Waals surface area (Å²) in [5.74, 6) is -0.0717. The highest BCUT2D eigenvalue weighted by molar-refractivity contribution is 6.54. The number of amides is 1. The van der Waals surface area contributed by atoms with Gasteiger partial charge >= 0.3 is 0 Å². The third-order valence-electron chi connectivity index (χ3n) is 3.83. The standard InChI is InChI=1S/C16H23N3O2/c1-4-18(5-2)11-8-12-19-14-10-7-6-9-13(14)15(16(19)20)17-21-3/h6-7,9-10H,4-5,8,11-12H2,1-3H3. The molecule has 114 valence electrons. The number of rotatable bonds is 7. The Balaban J connectivity index is 2.10. The van der Waals surface area contributed by atoms with Gasteiger partial charge in [-0.2, -0.15) is 0 Å². The zero-order chi connectivity index (χ0) is 15.2. The highest BCUT2D eigenvalue weighted by Crippen LogP contribution is 2.29. The van der Waals surface area contributed by atoms with Crippen molar-refractivity contribution in [1.29, 1.82) is 0 Å². The molecule has 0 atom stereocenters. The maximum absolute atomic E-state index is 12.5. The maximum atomic E-state index is 12.5. The molecule has 1 aliphatic heterocycles. The van der Waals surface area contributed by atoms with Crippen LogP contribution >= 0.6 is 0 Å². The molecule has 0 saturated heterocycles. The van der Waals surface area contributed by atoms with Crippen molar-refractivity contribution in [3.05, 3.63) is 29.8 Å². The molecule has 0 radical (unpaired) electrons. The first-order chi connectivity index (χ1) is 10.2. The van der Waals surface area contributed by atoms with Gasteiger partial charge in [0, 0.05) is 12.1 Å². The van der Waals surface area contributed by atoms with Crippen molar-refractivity contribution in [2.24, 2.45) is 5.16 Å². The van der Waals surface area contributed by atoms with Crippen LogP contribution in [0.15, 0.2) is 29.4 Å². The van der Waals surface area contributed by atoms with Crippen molar-refractivity contribution in [2.75, 3.05) is 38.2 Å². The molecule has 1 amide bonds. The lowest BCUT2D eigenvalue weighted by atomic mass is 10.1. The Morgan fingerprint density at radius 3 is 2.62 bits per heavy atom. The Bertz CT molecular complexity index is 524. The highest BCUT2D eigenvalue weighted by Gasteiger charge is 2.33. The number of anilines is 1. The van der Waals surface area contributed by atoms with Crippen molar-refractivity contribution < 1.29 is 9.63 Å². The van der Waals surface area contributed by atoms with Crippen LogP contribution in [-0.4, -0.2) is 49.8 Å². The minimum absolute atomic E-state index is 0.0717. The van der Waals surface area contributed by atoms with Gasteiger partial charge in [-0.15, -0.1) is 0 Å². The fourth-order valence-corrected chi connectivity index (χ4v) is 2.66. The lowest BCUT2D eigenvalue weighted by Gasteiger charge is -2.21. The van der Waals surface area contributed by atoms with Crippen molar-refractivity contribution in [3.8, 4) is 0 Å². The molecule has 21 heavy (non-hydrogen) atoms. The minimum Gasteiger partial charge on any atom is -0.398 e. The van der Waals surface area contributed by atoms with Gasteiger partial charge in [0.1, 0.15) is 7.11 Å². The van der Waals surface area contributed by atoms with E-state index in [1.165, 1.54) is 7.11 Å². The molecule has 0 unspecified atom stereocenters. The number of hydrogen-bond acceptors (Lipinski definition) is 4. The lowest BCUT2D eigenvalue weighted by molar-refractivity contribution is -0.112. The maximum Gasteiger partial charge on any atom is 0.281 e. The monoisotopic (exact) mass is 289 g/mol. The summed E-state index contributed by atoms with van der Waals surface area (Å²) in [6.45, 7) is 8.09. The van der Waals surface area contributed by atoms with E-state index < -0.39 is 0 Å². The summed E-state index contributed by atoms with van der Waals surface area (Å²) in [5.41, 5.74) is 2.18. The van der Waals surface area contributed by atoms with Crippen molar-refractivity contribution in [2.45, 2.75) is 20.3 Å². The van der Waals surface area contributed by atoms with E-state index in [-0.39, 0.29) is 5.91 Å². The van der Waals surface area contributed by atoms with E-state index in [1.54, 1.807) is 4.90 Å². The number of carbonyl (C=O) groups is 1. The van der Waals surface area contributed by atoms with E-state index >= 15 is 0 Å². The summed E-state index contributed by atoms with van der Waals surface area (Å²) in [6.07, 6.45) is 0.946. The van der Waals surface area contributed by atoms with Gasteiger partial charge in [-0.3, -0.25) is 4.79 Å². The van der Waals surface area contributed by atoms with E-state index in [1.807, 2.05) is 24.3 Å². The molecule has 1 aromatic rings. The van der Waals surface area contributed by atoms with Crippen LogP contribution in [0.3, 0.4) is 0 Å². The molecule has 0 saturated carbocycles. The second kappa shape index (κ2) is 7.22. The highest BCUT2D eigenvalue weighted by atomic mass is 16.6. The first kappa shape index (κ1) is 15.5. The molecule has 0 aromatic heterocycles. The normalized spacial score (nSPS) is 15.9. The van der Waals surface area contributed by atoms with Crippen LogP contribution in [0.1, 0.15) is 25.8 Å². The Morgan fingerprint density at radius 2 is 1.95 bits per heavy atom. The van der Waals surface area contributed by atoms with E-state index in [4.69, 9.17) is 4.84 Å². The largest absolute Gasteiger partial charge is 0.398 e. The predicted octanol–water partition coefficient (Wildman–Crippen LogP) is 2.12. The molecule has 5 heteroatoms. The summed E-state index contributed by atoms with van der Waals surface area (Å²) in [7, 11) is 1.46. The van der Waals surface area contributed by atoms with Gasteiger partial charge in [-0.05, 0) is 32.1 Å². The summed E-state index contributed by atoms with van der Waals surface area (Å²) >= 11 is 0. The number of fused-ring (bicyclic) bond motifs is 1. The van der Waals surface area contributed by atoms with Crippen LogP contribution in [0.4, 0.5) is 5.69 Å².